The van der Waals surface area contributed by atoms with Crippen LogP contribution >= 0.6 is 15.9 Å². The average Bonchev–Trinajstić information content (AvgIpc) is 2.67. The Balaban J connectivity index is 1.78. The monoisotopic (exact) mass is 449 g/mol. The molecule has 144 valence electrons. The van der Waals surface area contributed by atoms with Crippen LogP contribution in [0.25, 0.3) is 0 Å². The molecule has 0 unspecified atom stereocenters. The van der Waals surface area contributed by atoms with E-state index in [-0.39, 0.29) is 18.7 Å². The molecule has 0 aliphatic heterocycles. The van der Waals surface area contributed by atoms with Crippen LogP contribution in [0.2, 0.25) is 0 Å². The first-order valence-electron chi connectivity index (χ1n) is 8.14. The third kappa shape index (κ3) is 4.42. The van der Waals surface area contributed by atoms with Gasteiger partial charge in [-0.05, 0) is 29.8 Å². The molecule has 2 aromatic heterocycles. The van der Waals surface area contributed by atoms with Gasteiger partial charge in [0.2, 0.25) is 5.69 Å². The Morgan fingerprint density at radius 2 is 1.96 bits per heavy atom. The summed E-state index contributed by atoms with van der Waals surface area (Å²) in [5.41, 5.74) is -0.0487. The van der Waals surface area contributed by atoms with E-state index in [4.69, 9.17) is 0 Å². The summed E-state index contributed by atoms with van der Waals surface area (Å²) < 4.78 is 28.9. The average molecular weight is 450 g/mol. The number of amides is 1. The topological polar surface area (TPSA) is 78.0 Å². The second-order valence-corrected chi connectivity index (χ2v) is 6.86. The van der Waals surface area contributed by atoms with Crippen LogP contribution in [0.3, 0.4) is 0 Å². The van der Waals surface area contributed by atoms with E-state index in [1.807, 2.05) is 0 Å². The lowest BCUT2D eigenvalue weighted by molar-refractivity contribution is -0.614. The van der Waals surface area contributed by atoms with Gasteiger partial charge in [0.15, 0.2) is 17.8 Å². The van der Waals surface area contributed by atoms with Crippen LogP contribution in [0.1, 0.15) is 21.6 Å². The molecule has 6 nitrogen and oxygen atoms in total. The van der Waals surface area contributed by atoms with Crippen molar-refractivity contribution in [1.29, 1.82) is 0 Å². The second-order valence-electron chi connectivity index (χ2n) is 5.95. The van der Waals surface area contributed by atoms with Crippen molar-refractivity contribution in [2.24, 2.45) is 0 Å². The van der Waals surface area contributed by atoms with Crippen molar-refractivity contribution in [1.82, 2.24) is 9.88 Å². The highest BCUT2D eigenvalue weighted by atomic mass is 79.9. The first-order chi connectivity index (χ1) is 13.3. The van der Waals surface area contributed by atoms with E-state index in [1.165, 1.54) is 35.2 Å². The highest BCUT2D eigenvalue weighted by Gasteiger charge is 2.15. The number of carbonyl (C=O) groups excluding carboxylic acids is 1. The number of nitrogens with zero attached hydrogens (tertiary/aromatic N) is 2. The molecule has 3 aromatic rings. The van der Waals surface area contributed by atoms with Crippen LogP contribution in [0.5, 0.6) is 0 Å². The maximum atomic E-state index is 13.4. The fraction of sp³-hybridized carbons (Fsp3) is 0.105. The number of pyridine rings is 2. The summed E-state index contributed by atoms with van der Waals surface area (Å²) in [6.45, 7) is -0.0946. The first kappa shape index (κ1) is 19.7. The zero-order valence-corrected chi connectivity index (χ0v) is 15.9. The summed E-state index contributed by atoms with van der Waals surface area (Å²) in [6, 6.07) is 9.30. The molecule has 0 spiro atoms. The highest BCUT2D eigenvalue weighted by molar-refractivity contribution is 9.10. The molecule has 9 heteroatoms. The van der Waals surface area contributed by atoms with Gasteiger partial charge in [-0.25, -0.2) is 8.78 Å². The van der Waals surface area contributed by atoms with Gasteiger partial charge < -0.3 is 15.1 Å². The summed E-state index contributed by atoms with van der Waals surface area (Å²) in [5, 5.41) is 14.2. The van der Waals surface area contributed by atoms with Crippen molar-refractivity contribution in [3.8, 4) is 0 Å². The predicted octanol–water partition coefficient (Wildman–Crippen LogP) is 2.50. The predicted molar refractivity (Wildman–Crippen MR) is 100 cm³/mol. The fourth-order valence-electron chi connectivity index (χ4n) is 2.57. The standard InChI is InChI=1S/C19H14BrF2N3O3/c20-13-5-7-25(28)14(9-13)10-23-18(26)15-2-1-6-24(19(15)27)11-12-3-4-16(21)17(22)8-12/h1-9H,10-11H2,(H,23,26). The van der Waals surface area contributed by atoms with Gasteiger partial charge >= 0.3 is 0 Å². The molecule has 0 radical (unpaired) electrons. The molecule has 0 saturated heterocycles. The minimum Gasteiger partial charge on any atom is -0.618 e. The summed E-state index contributed by atoms with van der Waals surface area (Å²) in [5.74, 6) is -2.64. The van der Waals surface area contributed by atoms with E-state index in [0.29, 0.717) is 20.5 Å². The number of halogens is 3. The van der Waals surface area contributed by atoms with Crippen LogP contribution < -0.4 is 15.6 Å². The Bertz CT molecular complexity index is 1100. The molecule has 1 N–H and O–H groups in total. The minimum absolute atomic E-state index is 0.0245. The van der Waals surface area contributed by atoms with Crippen LogP contribution in [0, 0.1) is 16.8 Å². The van der Waals surface area contributed by atoms with Crippen molar-refractivity contribution in [2.75, 3.05) is 0 Å². The number of carbonyl (C=O) groups is 1. The van der Waals surface area contributed by atoms with E-state index in [1.54, 1.807) is 12.1 Å². The largest absolute Gasteiger partial charge is 0.618 e. The lowest BCUT2D eigenvalue weighted by Gasteiger charge is -2.09. The molecule has 0 aliphatic carbocycles. The van der Waals surface area contributed by atoms with Crippen molar-refractivity contribution in [3.05, 3.63) is 103 Å². The molecule has 1 aromatic carbocycles. The Kier molecular flexibility index (Phi) is 5.84. The van der Waals surface area contributed by atoms with Gasteiger partial charge in [0, 0.05) is 22.8 Å². The molecule has 0 fully saturated rings. The summed E-state index contributed by atoms with van der Waals surface area (Å²) in [6.07, 6.45) is 2.74. The molecule has 3 rings (SSSR count). The number of nitrogens with one attached hydrogen (secondary N) is 1. The summed E-state index contributed by atoms with van der Waals surface area (Å²) >= 11 is 3.24. The Morgan fingerprint density at radius 3 is 2.71 bits per heavy atom. The molecule has 0 saturated carbocycles. The zero-order chi connectivity index (χ0) is 20.3. The van der Waals surface area contributed by atoms with E-state index >= 15 is 0 Å². The number of hydrogen-bond donors (Lipinski definition) is 1. The number of benzene rings is 1. The Morgan fingerprint density at radius 1 is 1.18 bits per heavy atom. The number of hydrogen-bond acceptors (Lipinski definition) is 3. The van der Waals surface area contributed by atoms with Crippen molar-refractivity contribution >= 4 is 21.8 Å². The van der Waals surface area contributed by atoms with Crippen molar-refractivity contribution in [2.45, 2.75) is 13.1 Å². The van der Waals surface area contributed by atoms with Gasteiger partial charge in [0.05, 0.1) is 6.54 Å². The maximum absolute atomic E-state index is 13.4. The lowest BCUT2D eigenvalue weighted by atomic mass is 10.2. The van der Waals surface area contributed by atoms with Crippen molar-refractivity contribution in [3.63, 3.8) is 0 Å². The first-order valence-corrected chi connectivity index (χ1v) is 8.93. The Hall–Kier alpha value is -3.07. The minimum atomic E-state index is -1.01. The van der Waals surface area contributed by atoms with Gasteiger partial charge in [0.25, 0.3) is 11.5 Å². The molecule has 28 heavy (non-hydrogen) atoms. The quantitative estimate of drug-likeness (QED) is 0.480. The van der Waals surface area contributed by atoms with Gasteiger partial charge in [0.1, 0.15) is 12.1 Å². The summed E-state index contributed by atoms with van der Waals surface area (Å²) in [7, 11) is 0. The van der Waals surface area contributed by atoms with Gasteiger partial charge in [-0.15, -0.1) is 0 Å². The number of aromatic nitrogens is 2. The molecule has 2 heterocycles. The third-order valence-corrected chi connectivity index (χ3v) is 4.48. The second kappa shape index (κ2) is 8.30. The van der Waals surface area contributed by atoms with Crippen molar-refractivity contribution < 1.29 is 18.3 Å². The van der Waals surface area contributed by atoms with Crippen LogP contribution in [-0.2, 0) is 13.1 Å². The molecule has 1 amide bonds. The van der Waals surface area contributed by atoms with Crippen LogP contribution in [-0.4, -0.2) is 10.5 Å². The molecule has 0 bridgehead atoms. The van der Waals surface area contributed by atoms with E-state index in [9.17, 15) is 23.6 Å². The summed E-state index contributed by atoms with van der Waals surface area (Å²) in [4.78, 5) is 24.9. The Labute approximate surface area is 166 Å². The van der Waals surface area contributed by atoms with Gasteiger partial charge in [-0.3, -0.25) is 9.59 Å². The highest BCUT2D eigenvalue weighted by Crippen LogP contribution is 2.10. The van der Waals surface area contributed by atoms with E-state index in [0.717, 1.165) is 12.1 Å². The van der Waals surface area contributed by atoms with E-state index < -0.39 is 23.1 Å². The molecular weight excluding hydrogens is 436 g/mol. The number of rotatable bonds is 5. The smallest absolute Gasteiger partial charge is 0.263 e. The SMILES string of the molecule is O=C(NCc1cc(Br)cc[n+]1[O-])c1cccn(Cc2ccc(F)c(F)c2)c1=O. The van der Waals surface area contributed by atoms with E-state index in [2.05, 4.69) is 21.2 Å². The third-order valence-electron chi connectivity index (χ3n) is 3.99. The fourth-order valence-corrected chi connectivity index (χ4v) is 2.95. The van der Waals surface area contributed by atoms with Gasteiger partial charge in [-0.1, -0.05) is 22.0 Å². The molecule has 0 aliphatic rings. The molecular formula is C19H14BrF2N3O3. The van der Waals surface area contributed by atoms with Crippen LogP contribution in [0.15, 0.2) is 64.1 Å². The maximum Gasteiger partial charge on any atom is 0.263 e. The van der Waals surface area contributed by atoms with Gasteiger partial charge in [-0.2, -0.15) is 4.73 Å². The normalized spacial score (nSPS) is 10.7. The molecule has 0 atom stereocenters. The lowest BCUT2D eigenvalue weighted by Crippen LogP contribution is -2.37. The van der Waals surface area contributed by atoms with Crippen LogP contribution in [0.4, 0.5) is 8.78 Å². The zero-order valence-electron chi connectivity index (χ0n) is 14.4.